The molecule has 0 spiro atoms. The number of benzene rings is 3. The molecule has 1 heterocycles. The lowest BCUT2D eigenvalue weighted by Crippen LogP contribution is -2.30. The number of hydrogen-bond donors (Lipinski definition) is 2. The molecule has 7 nitrogen and oxygen atoms in total. The van der Waals surface area contributed by atoms with Gasteiger partial charge in [0.25, 0.3) is 0 Å². The molecule has 9 heteroatoms. The summed E-state index contributed by atoms with van der Waals surface area (Å²) in [6.45, 7) is 0.191. The van der Waals surface area contributed by atoms with E-state index in [-0.39, 0.29) is 11.6 Å². The van der Waals surface area contributed by atoms with Gasteiger partial charge in [0.2, 0.25) is 5.91 Å². The number of carbonyl (C=O) groups excluding carboxylic acids is 1. The van der Waals surface area contributed by atoms with Gasteiger partial charge in [-0.2, -0.15) is 4.98 Å². The third-order valence-electron chi connectivity index (χ3n) is 5.01. The lowest BCUT2D eigenvalue weighted by molar-refractivity contribution is -0.116. The first-order valence-corrected chi connectivity index (χ1v) is 10.4. The Labute approximate surface area is 193 Å². The summed E-state index contributed by atoms with van der Waals surface area (Å²) in [4.78, 5) is 29.5. The Morgan fingerprint density at radius 2 is 1.88 bits per heavy atom. The molecule has 0 unspecified atom stereocenters. The van der Waals surface area contributed by atoms with Crippen LogP contribution in [-0.2, 0) is 17.9 Å². The van der Waals surface area contributed by atoms with E-state index in [1.165, 1.54) is 16.7 Å². The molecule has 1 aromatic heterocycles. The van der Waals surface area contributed by atoms with E-state index in [0.29, 0.717) is 29.0 Å². The molecule has 0 atom stereocenters. The monoisotopic (exact) mass is 466 g/mol. The molecule has 0 bridgehead atoms. The molecule has 0 saturated heterocycles. The number of para-hydroxylation sites is 1. The summed E-state index contributed by atoms with van der Waals surface area (Å²) in [5.74, 6) is 0.129. The number of aromatic nitrogens is 2. The number of halogens is 2. The number of hydrogen-bond acceptors (Lipinski definition) is 5. The van der Waals surface area contributed by atoms with E-state index in [9.17, 15) is 14.0 Å². The first-order valence-electron chi connectivity index (χ1n) is 10.1. The van der Waals surface area contributed by atoms with E-state index in [4.69, 9.17) is 16.3 Å². The van der Waals surface area contributed by atoms with E-state index in [2.05, 4.69) is 15.6 Å². The van der Waals surface area contributed by atoms with Crippen LogP contribution in [-0.4, -0.2) is 22.6 Å². The zero-order chi connectivity index (χ0) is 23.4. The summed E-state index contributed by atoms with van der Waals surface area (Å²) in [7, 11) is 1.60. The van der Waals surface area contributed by atoms with Gasteiger partial charge in [-0.1, -0.05) is 35.9 Å². The van der Waals surface area contributed by atoms with Crippen LogP contribution in [0.5, 0.6) is 5.75 Å². The van der Waals surface area contributed by atoms with Crippen LogP contribution in [0, 0.1) is 5.82 Å². The molecule has 3 aromatic carbocycles. The Morgan fingerprint density at radius 1 is 1.12 bits per heavy atom. The molecule has 0 fully saturated rings. The fourth-order valence-electron chi connectivity index (χ4n) is 3.36. The predicted octanol–water partition coefficient (Wildman–Crippen LogP) is 4.45. The van der Waals surface area contributed by atoms with Crippen LogP contribution >= 0.6 is 11.6 Å². The van der Waals surface area contributed by atoms with Crippen molar-refractivity contribution in [1.82, 2.24) is 9.55 Å². The van der Waals surface area contributed by atoms with Crippen LogP contribution in [0.3, 0.4) is 0 Å². The van der Waals surface area contributed by atoms with Gasteiger partial charge in [-0.05, 0) is 48.0 Å². The minimum Gasteiger partial charge on any atom is -0.497 e. The minimum absolute atomic E-state index is 0.107. The van der Waals surface area contributed by atoms with Gasteiger partial charge < -0.3 is 15.4 Å². The van der Waals surface area contributed by atoms with Gasteiger partial charge in [-0.15, -0.1) is 0 Å². The molecule has 0 aliphatic heterocycles. The number of fused-ring (bicyclic) bond motifs is 1. The maximum absolute atomic E-state index is 13.3. The number of nitrogens with zero attached hydrogens (tertiary/aromatic N) is 2. The van der Waals surface area contributed by atoms with Crippen molar-refractivity contribution in [2.24, 2.45) is 0 Å². The Balaban J connectivity index is 1.56. The normalized spacial score (nSPS) is 10.8. The Morgan fingerprint density at radius 3 is 2.61 bits per heavy atom. The highest BCUT2D eigenvalue weighted by molar-refractivity contribution is 6.31. The Hall–Kier alpha value is -3.91. The average molecular weight is 467 g/mol. The van der Waals surface area contributed by atoms with E-state index in [1.807, 2.05) is 36.4 Å². The van der Waals surface area contributed by atoms with Gasteiger partial charge in [0, 0.05) is 17.6 Å². The van der Waals surface area contributed by atoms with Crippen molar-refractivity contribution in [2.75, 3.05) is 17.7 Å². The highest BCUT2D eigenvalue weighted by Crippen LogP contribution is 2.22. The molecule has 0 aliphatic rings. The maximum atomic E-state index is 13.3. The molecule has 1 amide bonds. The maximum Gasteiger partial charge on any atom is 0.350 e. The SMILES string of the molecule is COc1ccc(CNc2nc(=O)n(CC(=O)Nc3ccc(F)c(Cl)c3)c3ccccc23)cc1. The summed E-state index contributed by atoms with van der Waals surface area (Å²) >= 11 is 5.76. The van der Waals surface area contributed by atoms with Crippen LogP contribution in [0.15, 0.2) is 71.5 Å². The van der Waals surface area contributed by atoms with Crippen molar-refractivity contribution in [3.8, 4) is 5.75 Å². The Bertz CT molecular complexity index is 1370. The second-order valence-electron chi connectivity index (χ2n) is 7.22. The van der Waals surface area contributed by atoms with Crippen molar-refractivity contribution in [2.45, 2.75) is 13.1 Å². The van der Waals surface area contributed by atoms with Crippen molar-refractivity contribution < 1.29 is 13.9 Å². The zero-order valence-corrected chi connectivity index (χ0v) is 18.4. The third-order valence-corrected chi connectivity index (χ3v) is 5.30. The molecule has 0 aliphatic carbocycles. The number of methoxy groups -OCH3 is 1. The number of ether oxygens (including phenoxy) is 1. The van der Waals surface area contributed by atoms with Crippen LogP contribution in [0.2, 0.25) is 5.02 Å². The molecule has 4 rings (SSSR count). The smallest absolute Gasteiger partial charge is 0.350 e. The van der Waals surface area contributed by atoms with Crippen molar-refractivity contribution in [1.29, 1.82) is 0 Å². The first kappa shape index (κ1) is 22.3. The van der Waals surface area contributed by atoms with Crippen LogP contribution < -0.4 is 21.1 Å². The number of carbonyl (C=O) groups is 1. The standard InChI is InChI=1S/C24H20ClFN4O3/c1-33-17-9-6-15(7-10-17)13-27-23-18-4-2-3-5-21(18)30(24(32)29-23)14-22(31)28-16-8-11-20(26)19(25)12-16/h2-12H,13-14H2,1H3,(H,28,31)(H,27,29,32). The summed E-state index contributed by atoms with van der Waals surface area (Å²) in [5, 5.41) is 6.41. The number of nitrogens with one attached hydrogen (secondary N) is 2. The summed E-state index contributed by atoms with van der Waals surface area (Å²) < 4.78 is 19.8. The van der Waals surface area contributed by atoms with Crippen molar-refractivity contribution in [3.05, 3.63) is 93.6 Å². The molecule has 0 radical (unpaired) electrons. The number of rotatable bonds is 7. The molecule has 168 valence electrons. The van der Waals surface area contributed by atoms with Gasteiger partial charge in [0.05, 0.1) is 17.6 Å². The van der Waals surface area contributed by atoms with Crippen LogP contribution in [0.1, 0.15) is 5.56 Å². The van der Waals surface area contributed by atoms with Gasteiger partial charge in [-0.25, -0.2) is 9.18 Å². The second-order valence-corrected chi connectivity index (χ2v) is 7.63. The quantitative estimate of drug-likeness (QED) is 0.420. The van der Waals surface area contributed by atoms with E-state index < -0.39 is 17.4 Å². The summed E-state index contributed by atoms with van der Waals surface area (Å²) in [6.07, 6.45) is 0. The Kier molecular flexibility index (Phi) is 6.55. The van der Waals surface area contributed by atoms with E-state index in [1.54, 1.807) is 19.2 Å². The van der Waals surface area contributed by atoms with Gasteiger partial charge in [0.1, 0.15) is 23.9 Å². The van der Waals surface area contributed by atoms with Crippen LogP contribution in [0.4, 0.5) is 15.9 Å². The molecular formula is C24H20ClFN4O3. The minimum atomic E-state index is -0.584. The van der Waals surface area contributed by atoms with Gasteiger partial charge in [-0.3, -0.25) is 9.36 Å². The largest absolute Gasteiger partial charge is 0.497 e. The zero-order valence-electron chi connectivity index (χ0n) is 17.6. The predicted molar refractivity (Wildman–Crippen MR) is 126 cm³/mol. The number of anilines is 2. The first-order chi connectivity index (χ1) is 15.9. The molecule has 4 aromatic rings. The lowest BCUT2D eigenvalue weighted by Gasteiger charge is -2.14. The molecular weight excluding hydrogens is 447 g/mol. The van der Waals surface area contributed by atoms with Crippen molar-refractivity contribution >= 4 is 39.9 Å². The third kappa shape index (κ3) is 5.12. The highest BCUT2D eigenvalue weighted by atomic mass is 35.5. The molecule has 2 N–H and O–H groups in total. The van der Waals surface area contributed by atoms with Crippen LogP contribution in [0.25, 0.3) is 10.9 Å². The van der Waals surface area contributed by atoms with Crippen molar-refractivity contribution in [3.63, 3.8) is 0 Å². The summed E-state index contributed by atoms with van der Waals surface area (Å²) in [5.41, 5.74) is 1.30. The van der Waals surface area contributed by atoms with E-state index in [0.717, 1.165) is 17.4 Å². The number of amides is 1. The van der Waals surface area contributed by atoms with E-state index >= 15 is 0 Å². The average Bonchev–Trinajstić information content (AvgIpc) is 2.82. The van der Waals surface area contributed by atoms with Gasteiger partial charge >= 0.3 is 5.69 Å². The second kappa shape index (κ2) is 9.70. The fourth-order valence-corrected chi connectivity index (χ4v) is 3.54. The summed E-state index contributed by atoms with van der Waals surface area (Å²) in [6, 6.07) is 18.6. The van der Waals surface area contributed by atoms with Gasteiger partial charge in [0.15, 0.2) is 0 Å². The highest BCUT2D eigenvalue weighted by Gasteiger charge is 2.14. The molecule has 33 heavy (non-hydrogen) atoms. The molecule has 0 saturated carbocycles. The fraction of sp³-hybridized carbons (Fsp3) is 0.125. The lowest BCUT2D eigenvalue weighted by atomic mass is 10.2. The topological polar surface area (TPSA) is 85.2 Å².